The van der Waals surface area contributed by atoms with E-state index in [1.807, 2.05) is 12.4 Å². The summed E-state index contributed by atoms with van der Waals surface area (Å²) in [7, 11) is 8.39. The molecule has 0 saturated heterocycles. The normalized spacial score (nSPS) is 11.2. The lowest BCUT2D eigenvalue weighted by Crippen LogP contribution is -2.31. The Balaban J connectivity index is 2.03. The average molecular weight is 312 g/mol. The molecule has 0 bridgehead atoms. The van der Waals surface area contributed by atoms with E-state index in [0.717, 1.165) is 26.2 Å². The second-order valence-electron chi connectivity index (χ2n) is 6.43. The van der Waals surface area contributed by atoms with Gasteiger partial charge in [0, 0.05) is 58.4 Å². The Morgan fingerprint density at radius 2 is 1.30 bits per heavy atom. The fraction of sp³-hybridized carbons (Fsp3) is 0.421. The maximum absolute atomic E-state index is 4.11. The van der Waals surface area contributed by atoms with Gasteiger partial charge in [-0.3, -0.25) is 9.88 Å². The molecule has 0 aliphatic heterocycles. The first kappa shape index (κ1) is 17.4. The molecular weight excluding hydrogens is 284 g/mol. The summed E-state index contributed by atoms with van der Waals surface area (Å²) in [5, 5.41) is 0. The van der Waals surface area contributed by atoms with Crippen molar-refractivity contribution in [2.24, 2.45) is 0 Å². The van der Waals surface area contributed by atoms with E-state index in [0.29, 0.717) is 0 Å². The van der Waals surface area contributed by atoms with Gasteiger partial charge in [-0.15, -0.1) is 0 Å². The van der Waals surface area contributed by atoms with Crippen LogP contribution >= 0.6 is 0 Å². The fourth-order valence-corrected chi connectivity index (χ4v) is 2.46. The lowest BCUT2D eigenvalue weighted by Gasteiger charge is -2.24. The van der Waals surface area contributed by atoms with Crippen molar-refractivity contribution in [1.29, 1.82) is 0 Å². The van der Waals surface area contributed by atoms with Gasteiger partial charge in [0.2, 0.25) is 0 Å². The first-order chi connectivity index (χ1) is 11.0. The number of pyridine rings is 1. The van der Waals surface area contributed by atoms with Crippen LogP contribution in [0.2, 0.25) is 0 Å². The lowest BCUT2D eigenvalue weighted by molar-refractivity contribution is 0.226. The third-order valence-corrected chi connectivity index (χ3v) is 3.88. The van der Waals surface area contributed by atoms with Gasteiger partial charge in [0.1, 0.15) is 0 Å². The minimum Gasteiger partial charge on any atom is -0.378 e. The molecule has 2 rings (SSSR count). The topological polar surface area (TPSA) is 22.6 Å². The Morgan fingerprint density at radius 1 is 0.739 bits per heavy atom. The Kier molecular flexibility index (Phi) is 6.56. The minimum atomic E-state index is 0.950. The molecule has 0 saturated carbocycles. The number of anilines is 1. The van der Waals surface area contributed by atoms with Crippen molar-refractivity contribution >= 4 is 5.69 Å². The van der Waals surface area contributed by atoms with Gasteiger partial charge >= 0.3 is 0 Å². The van der Waals surface area contributed by atoms with Gasteiger partial charge in [-0.1, -0.05) is 12.1 Å². The van der Waals surface area contributed by atoms with Gasteiger partial charge in [-0.05, 0) is 49.5 Å². The number of aromatic nitrogens is 1. The molecule has 4 nitrogen and oxygen atoms in total. The summed E-state index contributed by atoms with van der Waals surface area (Å²) in [6, 6.07) is 13.0. The van der Waals surface area contributed by atoms with Crippen molar-refractivity contribution in [2.45, 2.75) is 13.1 Å². The van der Waals surface area contributed by atoms with E-state index in [2.05, 4.69) is 84.3 Å². The highest BCUT2D eigenvalue weighted by molar-refractivity contribution is 5.45. The van der Waals surface area contributed by atoms with E-state index in [4.69, 9.17) is 0 Å². The third-order valence-electron chi connectivity index (χ3n) is 3.88. The maximum Gasteiger partial charge on any atom is 0.0361 e. The number of likely N-dealkylation sites (N-methyl/N-ethyl adjacent to an activating group) is 1. The van der Waals surface area contributed by atoms with Gasteiger partial charge in [0.25, 0.3) is 0 Å². The van der Waals surface area contributed by atoms with Gasteiger partial charge in [-0.2, -0.15) is 0 Å². The van der Waals surface area contributed by atoms with Crippen LogP contribution in [0.25, 0.3) is 0 Å². The molecule has 1 aromatic carbocycles. The van der Waals surface area contributed by atoms with E-state index in [-0.39, 0.29) is 0 Å². The second kappa shape index (κ2) is 8.65. The van der Waals surface area contributed by atoms with Gasteiger partial charge < -0.3 is 9.80 Å². The van der Waals surface area contributed by atoms with E-state index >= 15 is 0 Å². The second-order valence-corrected chi connectivity index (χ2v) is 6.43. The Bertz CT molecular complexity index is 564. The first-order valence-corrected chi connectivity index (χ1v) is 8.07. The van der Waals surface area contributed by atoms with E-state index in [9.17, 15) is 0 Å². The van der Waals surface area contributed by atoms with Crippen LogP contribution in [-0.4, -0.2) is 56.1 Å². The SMILES string of the molecule is CN(C)CCN(Cc1ccncc1)Cc1ccc(N(C)C)cc1. The molecule has 1 aromatic heterocycles. The predicted molar refractivity (Wildman–Crippen MR) is 97.7 cm³/mol. The summed E-state index contributed by atoms with van der Waals surface area (Å²) in [6.45, 7) is 4.02. The minimum absolute atomic E-state index is 0.950. The van der Waals surface area contributed by atoms with Gasteiger partial charge in [-0.25, -0.2) is 0 Å². The Hall–Kier alpha value is -1.91. The number of nitrogens with zero attached hydrogens (tertiary/aromatic N) is 4. The smallest absolute Gasteiger partial charge is 0.0361 e. The zero-order valence-electron chi connectivity index (χ0n) is 14.7. The highest BCUT2D eigenvalue weighted by Gasteiger charge is 2.08. The number of hydrogen-bond donors (Lipinski definition) is 0. The third kappa shape index (κ3) is 6.00. The van der Waals surface area contributed by atoms with Crippen molar-refractivity contribution in [3.8, 4) is 0 Å². The molecule has 0 radical (unpaired) electrons. The summed E-state index contributed by atoms with van der Waals surface area (Å²) in [4.78, 5) is 11.0. The monoisotopic (exact) mass is 312 g/mol. The van der Waals surface area contributed by atoms with Crippen LogP contribution < -0.4 is 4.90 Å². The number of hydrogen-bond acceptors (Lipinski definition) is 4. The zero-order valence-corrected chi connectivity index (χ0v) is 14.7. The fourth-order valence-electron chi connectivity index (χ4n) is 2.46. The number of benzene rings is 1. The molecule has 0 atom stereocenters. The molecular formula is C19H28N4. The van der Waals surface area contributed by atoms with Gasteiger partial charge in [0.15, 0.2) is 0 Å². The standard InChI is InChI=1S/C19H28N4/c1-21(2)13-14-23(16-18-9-11-20-12-10-18)15-17-5-7-19(8-6-17)22(3)4/h5-12H,13-16H2,1-4H3. The number of rotatable bonds is 8. The summed E-state index contributed by atoms with van der Waals surface area (Å²) in [5.41, 5.74) is 3.90. The molecule has 1 heterocycles. The van der Waals surface area contributed by atoms with Crippen molar-refractivity contribution < 1.29 is 0 Å². The predicted octanol–water partition coefficient (Wildman–Crippen LogP) is 2.71. The Labute approximate surface area is 140 Å². The van der Waals surface area contributed by atoms with E-state index < -0.39 is 0 Å². The summed E-state index contributed by atoms with van der Waals surface area (Å²) in [5.74, 6) is 0. The van der Waals surface area contributed by atoms with Crippen molar-refractivity contribution in [1.82, 2.24) is 14.8 Å². The van der Waals surface area contributed by atoms with Crippen LogP contribution in [0.1, 0.15) is 11.1 Å². The highest BCUT2D eigenvalue weighted by Crippen LogP contribution is 2.15. The summed E-state index contributed by atoms with van der Waals surface area (Å²) in [6.07, 6.45) is 3.73. The maximum atomic E-state index is 4.11. The molecule has 124 valence electrons. The molecule has 23 heavy (non-hydrogen) atoms. The summed E-state index contributed by atoms with van der Waals surface area (Å²) < 4.78 is 0. The van der Waals surface area contributed by atoms with E-state index in [1.54, 1.807) is 0 Å². The van der Waals surface area contributed by atoms with Crippen molar-refractivity contribution in [3.63, 3.8) is 0 Å². The van der Waals surface area contributed by atoms with Crippen LogP contribution in [-0.2, 0) is 13.1 Å². The molecule has 0 aliphatic rings. The molecule has 0 amide bonds. The average Bonchev–Trinajstić information content (AvgIpc) is 2.54. The van der Waals surface area contributed by atoms with Crippen molar-refractivity contribution in [2.75, 3.05) is 46.2 Å². The molecule has 4 heteroatoms. The largest absolute Gasteiger partial charge is 0.378 e. The van der Waals surface area contributed by atoms with Crippen LogP contribution in [0.5, 0.6) is 0 Å². The first-order valence-electron chi connectivity index (χ1n) is 8.07. The lowest BCUT2D eigenvalue weighted by atomic mass is 10.1. The molecule has 2 aromatic rings. The molecule has 0 aliphatic carbocycles. The van der Waals surface area contributed by atoms with Gasteiger partial charge in [0.05, 0.1) is 0 Å². The van der Waals surface area contributed by atoms with E-state index in [1.165, 1.54) is 16.8 Å². The zero-order chi connectivity index (χ0) is 16.7. The van der Waals surface area contributed by atoms with Crippen LogP contribution in [0.15, 0.2) is 48.8 Å². The Morgan fingerprint density at radius 3 is 1.83 bits per heavy atom. The molecule has 0 spiro atoms. The van der Waals surface area contributed by atoms with Crippen molar-refractivity contribution in [3.05, 3.63) is 59.9 Å². The summed E-state index contributed by atoms with van der Waals surface area (Å²) >= 11 is 0. The molecule has 0 N–H and O–H groups in total. The van der Waals surface area contributed by atoms with Crippen LogP contribution in [0.4, 0.5) is 5.69 Å². The molecule has 0 unspecified atom stereocenters. The quantitative estimate of drug-likeness (QED) is 0.747. The van der Waals surface area contributed by atoms with Crippen LogP contribution in [0, 0.1) is 0 Å². The van der Waals surface area contributed by atoms with Crippen LogP contribution in [0.3, 0.4) is 0 Å². The molecule has 0 fully saturated rings. The highest BCUT2D eigenvalue weighted by atomic mass is 15.2.